The second-order valence-corrected chi connectivity index (χ2v) is 9.28. The van der Waals surface area contributed by atoms with Gasteiger partial charge >= 0.3 is 6.09 Å². The van der Waals surface area contributed by atoms with Crippen LogP contribution in [0, 0.1) is 12.8 Å². The zero-order chi connectivity index (χ0) is 21.3. The van der Waals surface area contributed by atoms with Crippen LogP contribution in [0.5, 0.6) is 0 Å². The number of amides is 1. The van der Waals surface area contributed by atoms with Crippen molar-refractivity contribution < 1.29 is 23.4 Å². The Labute approximate surface area is 168 Å². The Hall–Kier alpha value is -1.90. The molecule has 1 atom stereocenters. The fraction of sp³-hybridized carbons (Fsp3) is 0.550. The van der Waals surface area contributed by atoms with Gasteiger partial charge in [0.25, 0.3) is 0 Å². The number of aliphatic hydroxyl groups is 1. The highest BCUT2D eigenvalue weighted by molar-refractivity contribution is 7.89. The Balaban J connectivity index is 3.11. The fourth-order valence-corrected chi connectivity index (χ4v) is 4.39. The van der Waals surface area contributed by atoms with Crippen LogP contribution in [0.4, 0.5) is 4.79 Å². The number of aryl methyl sites for hydroxylation is 1. The highest BCUT2D eigenvalue weighted by atomic mass is 32.2. The van der Waals surface area contributed by atoms with Gasteiger partial charge in [-0.1, -0.05) is 43.2 Å². The summed E-state index contributed by atoms with van der Waals surface area (Å²) in [5.41, 5.74) is 1.78. The highest BCUT2D eigenvalue weighted by Gasteiger charge is 2.31. The van der Waals surface area contributed by atoms with Gasteiger partial charge in [-0.3, -0.25) is 0 Å². The molecular weight excluding hydrogens is 380 g/mol. The van der Waals surface area contributed by atoms with Crippen LogP contribution in [-0.4, -0.2) is 54.8 Å². The lowest BCUT2D eigenvalue weighted by Crippen LogP contribution is -2.43. The van der Waals surface area contributed by atoms with Crippen molar-refractivity contribution in [3.63, 3.8) is 0 Å². The number of benzene rings is 1. The molecule has 0 aromatic heterocycles. The molecule has 0 fully saturated rings. The van der Waals surface area contributed by atoms with Crippen molar-refractivity contribution in [1.29, 1.82) is 0 Å². The van der Waals surface area contributed by atoms with Crippen molar-refractivity contribution in [2.45, 2.75) is 51.5 Å². The molecule has 0 spiro atoms. The number of hydrogen-bond acceptors (Lipinski definition) is 4. The molecule has 1 aromatic rings. The first-order valence-corrected chi connectivity index (χ1v) is 10.8. The van der Waals surface area contributed by atoms with Crippen molar-refractivity contribution in [2.24, 2.45) is 5.92 Å². The Morgan fingerprint density at radius 2 is 1.86 bits per heavy atom. The van der Waals surface area contributed by atoms with Crippen LogP contribution in [0.3, 0.4) is 0 Å². The van der Waals surface area contributed by atoms with Gasteiger partial charge in [-0.15, -0.1) is 0 Å². The van der Waals surface area contributed by atoms with Crippen molar-refractivity contribution in [3.8, 4) is 0 Å². The summed E-state index contributed by atoms with van der Waals surface area (Å²) in [6.07, 6.45) is 1.56. The van der Waals surface area contributed by atoms with E-state index in [-0.39, 0.29) is 18.0 Å². The summed E-state index contributed by atoms with van der Waals surface area (Å²) in [6, 6.07) is 6.06. The molecule has 0 saturated carbocycles. The van der Waals surface area contributed by atoms with E-state index in [0.29, 0.717) is 25.3 Å². The van der Waals surface area contributed by atoms with Crippen LogP contribution in [0.15, 0.2) is 40.8 Å². The van der Waals surface area contributed by atoms with Gasteiger partial charge in [-0.05, 0) is 44.7 Å². The summed E-state index contributed by atoms with van der Waals surface area (Å²) in [7, 11) is -3.77. The second kappa shape index (κ2) is 11.2. The van der Waals surface area contributed by atoms with Crippen LogP contribution in [-0.2, 0) is 10.0 Å². The van der Waals surface area contributed by atoms with Crippen LogP contribution in [0.2, 0.25) is 0 Å². The van der Waals surface area contributed by atoms with E-state index in [0.717, 1.165) is 11.1 Å². The van der Waals surface area contributed by atoms with Gasteiger partial charge < -0.3 is 15.5 Å². The van der Waals surface area contributed by atoms with Gasteiger partial charge in [0.05, 0.1) is 17.5 Å². The molecule has 28 heavy (non-hydrogen) atoms. The van der Waals surface area contributed by atoms with Crippen LogP contribution >= 0.6 is 0 Å². The number of rotatable bonds is 11. The maximum absolute atomic E-state index is 13.2. The number of nitrogens with one attached hydrogen (secondary N) is 1. The molecule has 0 heterocycles. The highest BCUT2D eigenvalue weighted by Crippen LogP contribution is 2.23. The lowest BCUT2D eigenvalue weighted by Gasteiger charge is -2.30. The molecule has 0 aliphatic heterocycles. The smallest absolute Gasteiger partial charge is 0.404 e. The summed E-state index contributed by atoms with van der Waals surface area (Å²) in [5, 5.41) is 20.8. The first kappa shape index (κ1) is 24.1. The van der Waals surface area contributed by atoms with Gasteiger partial charge in [-0.2, -0.15) is 4.31 Å². The predicted octanol–water partition coefficient (Wildman–Crippen LogP) is 3.00. The van der Waals surface area contributed by atoms with Crippen molar-refractivity contribution in [3.05, 3.63) is 41.5 Å². The molecule has 0 saturated heterocycles. The number of aliphatic hydroxyl groups excluding tert-OH is 1. The molecule has 8 heteroatoms. The average molecular weight is 413 g/mol. The normalized spacial score (nSPS) is 13.8. The van der Waals surface area contributed by atoms with Gasteiger partial charge in [0, 0.05) is 13.1 Å². The molecular formula is C20H32N2O5S. The van der Waals surface area contributed by atoms with Gasteiger partial charge in [-0.25, -0.2) is 13.2 Å². The molecule has 0 unspecified atom stereocenters. The summed E-state index contributed by atoms with van der Waals surface area (Å²) >= 11 is 0. The van der Waals surface area contributed by atoms with Crippen LogP contribution in [0.25, 0.3) is 0 Å². The third-order valence-electron chi connectivity index (χ3n) is 4.43. The molecule has 1 rings (SSSR count). The zero-order valence-electron chi connectivity index (χ0n) is 17.1. The summed E-state index contributed by atoms with van der Waals surface area (Å²) < 4.78 is 27.9. The van der Waals surface area contributed by atoms with Crippen molar-refractivity contribution in [1.82, 2.24) is 9.62 Å². The van der Waals surface area contributed by atoms with E-state index in [9.17, 15) is 18.3 Å². The standard InChI is InChI=1S/C20H32N2O5S/c1-15(2)10-12-22(28(26,27)19-7-5-16(3)6-8-19)18(14-23)13-17(4)9-11-21-20(24)25/h5-9,15,18,21,23H,10-14H2,1-4H3,(H,24,25)/t18-/m0/s1. The van der Waals surface area contributed by atoms with Crippen LogP contribution < -0.4 is 5.32 Å². The first-order chi connectivity index (χ1) is 13.1. The SMILES string of the molecule is CC(=CCNC(=O)O)C[C@@H](CO)N(CCC(C)C)S(=O)(=O)c1ccc(C)cc1. The van der Waals surface area contributed by atoms with Gasteiger partial charge in [0.2, 0.25) is 10.0 Å². The Bertz CT molecular complexity index is 757. The van der Waals surface area contributed by atoms with E-state index in [4.69, 9.17) is 5.11 Å². The van der Waals surface area contributed by atoms with E-state index >= 15 is 0 Å². The number of sulfonamides is 1. The maximum Gasteiger partial charge on any atom is 0.404 e. The molecule has 0 radical (unpaired) electrons. The zero-order valence-corrected chi connectivity index (χ0v) is 17.9. The first-order valence-electron chi connectivity index (χ1n) is 9.39. The number of carboxylic acid groups (broad SMARTS) is 1. The number of carbonyl (C=O) groups is 1. The lowest BCUT2D eigenvalue weighted by molar-refractivity contribution is 0.181. The molecule has 3 N–H and O–H groups in total. The molecule has 0 aliphatic rings. The van der Waals surface area contributed by atoms with E-state index in [1.807, 2.05) is 20.8 Å². The van der Waals surface area contributed by atoms with Gasteiger partial charge in [0.1, 0.15) is 0 Å². The quantitative estimate of drug-likeness (QED) is 0.484. The minimum Gasteiger partial charge on any atom is -0.465 e. The number of nitrogens with zero attached hydrogens (tertiary/aromatic N) is 1. The third-order valence-corrected chi connectivity index (χ3v) is 6.40. The fourth-order valence-electron chi connectivity index (χ4n) is 2.76. The summed E-state index contributed by atoms with van der Waals surface area (Å²) in [4.78, 5) is 10.8. The minimum absolute atomic E-state index is 0.135. The van der Waals surface area contributed by atoms with Crippen molar-refractivity contribution >= 4 is 16.1 Å². The van der Waals surface area contributed by atoms with E-state index in [2.05, 4.69) is 5.32 Å². The molecule has 158 valence electrons. The predicted molar refractivity (Wildman–Crippen MR) is 110 cm³/mol. The second-order valence-electron chi connectivity index (χ2n) is 7.39. The van der Waals surface area contributed by atoms with E-state index in [1.54, 1.807) is 37.3 Å². The topological polar surface area (TPSA) is 107 Å². The third kappa shape index (κ3) is 7.61. The van der Waals surface area contributed by atoms with Crippen LogP contribution in [0.1, 0.15) is 39.2 Å². The number of hydrogen-bond donors (Lipinski definition) is 3. The lowest BCUT2D eigenvalue weighted by atomic mass is 10.1. The molecule has 7 nitrogen and oxygen atoms in total. The molecule has 0 aliphatic carbocycles. The van der Waals surface area contributed by atoms with Crippen molar-refractivity contribution in [2.75, 3.05) is 19.7 Å². The largest absolute Gasteiger partial charge is 0.465 e. The Kier molecular flexibility index (Phi) is 9.64. The molecule has 1 aromatic carbocycles. The summed E-state index contributed by atoms with van der Waals surface area (Å²) in [6.45, 7) is 7.85. The average Bonchev–Trinajstić information content (AvgIpc) is 2.60. The Morgan fingerprint density at radius 3 is 2.36 bits per heavy atom. The Morgan fingerprint density at radius 1 is 1.25 bits per heavy atom. The van der Waals surface area contributed by atoms with E-state index < -0.39 is 22.2 Å². The summed E-state index contributed by atoms with van der Waals surface area (Å²) in [5.74, 6) is 0.312. The minimum atomic E-state index is -3.77. The maximum atomic E-state index is 13.2. The molecule has 0 bridgehead atoms. The monoisotopic (exact) mass is 412 g/mol. The van der Waals surface area contributed by atoms with Gasteiger partial charge in [0.15, 0.2) is 0 Å². The molecule has 1 amide bonds. The van der Waals surface area contributed by atoms with E-state index in [1.165, 1.54) is 4.31 Å².